The second-order valence-corrected chi connectivity index (χ2v) is 6.45. The van der Waals surface area contributed by atoms with E-state index in [1.807, 2.05) is 24.0 Å². The van der Waals surface area contributed by atoms with E-state index in [-0.39, 0.29) is 17.9 Å². The summed E-state index contributed by atoms with van der Waals surface area (Å²) in [7, 11) is 1.60. The number of hydrogen-bond donors (Lipinski definition) is 1. The minimum Gasteiger partial charge on any atom is -0.356 e. The molecule has 0 fully saturated rings. The fraction of sp³-hybridized carbons (Fsp3) is 0.389. The van der Waals surface area contributed by atoms with Gasteiger partial charge in [-0.2, -0.15) is 5.10 Å². The number of hydrogen-bond acceptors (Lipinski definition) is 3. The molecule has 2 amide bonds. The van der Waals surface area contributed by atoms with Gasteiger partial charge in [-0.15, -0.1) is 0 Å². The Hall–Kier alpha value is -2.63. The predicted octanol–water partition coefficient (Wildman–Crippen LogP) is 2.22. The van der Waals surface area contributed by atoms with Gasteiger partial charge in [0, 0.05) is 43.0 Å². The molecule has 0 aliphatic carbocycles. The lowest BCUT2D eigenvalue weighted by molar-refractivity contribution is -0.131. The maximum atomic E-state index is 12.9. The molecule has 4 rings (SSSR count). The zero-order valence-corrected chi connectivity index (χ0v) is 13.9. The molecule has 2 aromatic rings. The first-order valence-corrected chi connectivity index (χ1v) is 8.30. The summed E-state index contributed by atoms with van der Waals surface area (Å²) in [4.78, 5) is 29.8. The predicted molar refractivity (Wildman–Crippen MR) is 91.6 cm³/mol. The smallest absolute Gasteiger partial charge is 0.270 e. The van der Waals surface area contributed by atoms with E-state index in [4.69, 9.17) is 0 Å². The summed E-state index contributed by atoms with van der Waals surface area (Å²) < 4.78 is 0. The van der Waals surface area contributed by atoms with Crippen molar-refractivity contribution in [3.63, 3.8) is 0 Å². The average molecular weight is 324 g/mol. The molecule has 124 valence electrons. The van der Waals surface area contributed by atoms with Crippen molar-refractivity contribution in [3.05, 3.63) is 35.5 Å². The van der Waals surface area contributed by atoms with Gasteiger partial charge in [0.2, 0.25) is 5.91 Å². The van der Waals surface area contributed by atoms with Crippen LogP contribution in [-0.2, 0) is 16.0 Å². The van der Waals surface area contributed by atoms with E-state index in [0.29, 0.717) is 25.1 Å². The van der Waals surface area contributed by atoms with Gasteiger partial charge in [-0.05, 0) is 25.0 Å². The third-order valence-electron chi connectivity index (χ3n) is 5.05. The Bertz CT molecular complexity index is 867. The summed E-state index contributed by atoms with van der Waals surface area (Å²) in [6, 6.07) is 8.22. The Kier molecular flexibility index (Phi) is 3.40. The topological polar surface area (TPSA) is 68.8 Å². The van der Waals surface area contributed by atoms with Gasteiger partial charge in [-0.3, -0.25) is 9.59 Å². The summed E-state index contributed by atoms with van der Waals surface area (Å²) in [5.41, 5.74) is 4.00. The van der Waals surface area contributed by atoms with Crippen LogP contribution in [0.5, 0.6) is 0 Å². The summed E-state index contributed by atoms with van der Waals surface area (Å²) in [6.07, 6.45) is 1.60. The van der Waals surface area contributed by atoms with E-state index >= 15 is 0 Å². The summed E-state index contributed by atoms with van der Waals surface area (Å²) in [5, 5.41) is 6.69. The Morgan fingerprint density at radius 2 is 2.04 bits per heavy atom. The van der Waals surface area contributed by atoms with E-state index in [1.165, 1.54) is 16.0 Å². The maximum absolute atomic E-state index is 12.9. The number of benzene rings is 1. The molecular formula is C18H20N4O2. The second kappa shape index (κ2) is 5.47. The van der Waals surface area contributed by atoms with Gasteiger partial charge >= 0.3 is 0 Å². The number of H-pyrrole nitrogens is 1. The van der Waals surface area contributed by atoms with Crippen LogP contribution in [-0.4, -0.2) is 46.0 Å². The first-order valence-electron chi connectivity index (χ1n) is 8.30. The van der Waals surface area contributed by atoms with Crippen LogP contribution in [0.2, 0.25) is 0 Å². The van der Waals surface area contributed by atoms with E-state index < -0.39 is 0 Å². The lowest BCUT2D eigenvalue weighted by Gasteiger charge is -2.34. The van der Waals surface area contributed by atoms with Crippen LogP contribution >= 0.6 is 0 Å². The molecule has 0 bridgehead atoms. The summed E-state index contributed by atoms with van der Waals surface area (Å²) in [5.74, 6) is -0.109. The molecule has 1 aromatic heterocycles. The van der Waals surface area contributed by atoms with Gasteiger partial charge in [0.05, 0.1) is 6.04 Å². The minimum atomic E-state index is -0.0637. The van der Waals surface area contributed by atoms with Crippen molar-refractivity contribution < 1.29 is 9.59 Å². The van der Waals surface area contributed by atoms with E-state index in [9.17, 15) is 9.59 Å². The molecule has 2 aliphatic rings. The lowest BCUT2D eigenvalue weighted by atomic mass is 9.97. The number of aromatic amines is 1. The number of hydrazone groups is 1. The van der Waals surface area contributed by atoms with Crippen LogP contribution in [0.25, 0.3) is 10.9 Å². The average Bonchev–Trinajstić information content (AvgIpc) is 2.97. The van der Waals surface area contributed by atoms with E-state index in [0.717, 1.165) is 17.6 Å². The summed E-state index contributed by atoms with van der Waals surface area (Å²) >= 11 is 0. The largest absolute Gasteiger partial charge is 0.356 e. The fourth-order valence-corrected chi connectivity index (χ4v) is 3.70. The Balaban J connectivity index is 1.66. The van der Waals surface area contributed by atoms with E-state index in [2.05, 4.69) is 22.2 Å². The van der Waals surface area contributed by atoms with Crippen molar-refractivity contribution in [1.29, 1.82) is 0 Å². The van der Waals surface area contributed by atoms with Crippen molar-refractivity contribution in [2.24, 2.45) is 5.10 Å². The lowest BCUT2D eigenvalue weighted by Crippen LogP contribution is -2.44. The van der Waals surface area contributed by atoms with Crippen molar-refractivity contribution in [2.45, 2.75) is 32.2 Å². The molecule has 0 saturated heterocycles. The van der Waals surface area contributed by atoms with Crippen LogP contribution in [0.15, 0.2) is 29.4 Å². The highest BCUT2D eigenvalue weighted by molar-refractivity contribution is 6.39. The zero-order chi connectivity index (χ0) is 16.8. The maximum Gasteiger partial charge on any atom is 0.270 e. The van der Waals surface area contributed by atoms with Crippen LogP contribution in [0.4, 0.5) is 0 Å². The van der Waals surface area contributed by atoms with Gasteiger partial charge in [0.15, 0.2) is 0 Å². The zero-order valence-electron chi connectivity index (χ0n) is 13.9. The molecule has 1 N–H and O–H groups in total. The van der Waals surface area contributed by atoms with Crippen LogP contribution < -0.4 is 0 Å². The molecule has 24 heavy (non-hydrogen) atoms. The highest BCUT2D eigenvalue weighted by Gasteiger charge is 2.33. The second-order valence-electron chi connectivity index (χ2n) is 6.45. The Morgan fingerprint density at radius 1 is 1.25 bits per heavy atom. The number of fused-ring (bicyclic) bond motifs is 3. The molecule has 0 saturated carbocycles. The first-order chi connectivity index (χ1) is 11.6. The molecule has 2 aliphatic heterocycles. The SMILES string of the molecule is C[C@@H]1c2[nH]c3ccccc3c2CCN1C(=O)C1=NN(C)C(=O)CC1. The molecule has 1 aromatic carbocycles. The minimum absolute atomic E-state index is 0.0284. The third kappa shape index (κ3) is 2.21. The van der Waals surface area contributed by atoms with Crippen molar-refractivity contribution in [2.75, 3.05) is 13.6 Å². The van der Waals surface area contributed by atoms with Gasteiger partial charge < -0.3 is 9.88 Å². The van der Waals surface area contributed by atoms with Gasteiger partial charge in [0.25, 0.3) is 5.91 Å². The quantitative estimate of drug-likeness (QED) is 0.874. The van der Waals surface area contributed by atoms with Gasteiger partial charge in [-0.25, -0.2) is 5.01 Å². The monoisotopic (exact) mass is 324 g/mol. The Morgan fingerprint density at radius 3 is 2.83 bits per heavy atom. The molecule has 0 spiro atoms. The summed E-state index contributed by atoms with van der Waals surface area (Å²) in [6.45, 7) is 2.72. The molecule has 0 radical (unpaired) electrons. The number of carbonyl (C=O) groups excluding carboxylic acids is 2. The molecule has 3 heterocycles. The number of nitrogens with one attached hydrogen (secondary N) is 1. The number of carbonyl (C=O) groups is 2. The normalized spacial score (nSPS) is 21.0. The van der Waals surface area contributed by atoms with Gasteiger partial charge in [0.1, 0.15) is 5.71 Å². The number of aromatic nitrogens is 1. The van der Waals surface area contributed by atoms with Crippen molar-refractivity contribution in [3.8, 4) is 0 Å². The van der Waals surface area contributed by atoms with Crippen LogP contribution in [0.3, 0.4) is 0 Å². The molecule has 1 atom stereocenters. The highest BCUT2D eigenvalue weighted by Crippen LogP contribution is 2.34. The molecular weight excluding hydrogens is 304 g/mol. The standard InChI is InChI=1S/C18H20N4O2/c1-11-17-13(12-5-3-4-6-14(12)19-17)9-10-22(11)18(24)15-7-8-16(23)21(2)20-15/h3-6,11,19H,7-10H2,1-2H3/t11-/m1/s1. The highest BCUT2D eigenvalue weighted by atomic mass is 16.2. The van der Waals surface area contributed by atoms with Crippen molar-refractivity contribution in [1.82, 2.24) is 14.9 Å². The molecule has 6 heteroatoms. The van der Waals surface area contributed by atoms with E-state index in [1.54, 1.807) is 7.05 Å². The number of amides is 2. The number of nitrogens with zero attached hydrogens (tertiary/aromatic N) is 3. The number of rotatable bonds is 1. The molecule has 0 unspecified atom stereocenters. The number of para-hydroxylation sites is 1. The molecule has 6 nitrogen and oxygen atoms in total. The fourth-order valence-electron chi connectivity index (χ4n) is 3.70. The van der Waals surface area contributed by atoms with Crippen LogP contribution in [0, 0.1) is 0 Å². The van der Waals surface area contributed by atoms with Crippen molar-refractivity contribution >= 4 is 28.4 Å². The third-order valence-corrected chi connectivity index (χ3v) is 5.05. The first kappa shape index (κ1) is 14.9. The van der Waals surface area contributed by atoms with Gasteiger partial charge in [-0.1, -0.05) is 18.2 Å². The van der Waals surface area contributed by atoms with Crippen LogP contribution in [0.1, 0.15) is 37.1 Å². The Labute approximate surface area is 140 Å².